The SMILES string of the molecule is CN1C=CN2C=C(B(O)O)C=CC12. The predicted octanol–water partition coefficient (Wildman–Crippen LogP) is -0.503. The van der Waals surface area contributed by atoms with E-state index in [2.05, 4.69) is 0 Å². The Morgan fingerprint density at radius 1 is 1.38 bits per heavy atom. The van der Waals surface area contributed by atoms with E-state index in [0.29, 0.717) is 5.47 Å². The molecule has 2 rings (SSSR count). The second kappa shape index (κ2) is 2.94. The third-order valence-corrected chi connectivity index (χ3v) is 2.25. The molecule has 2 heterocycles. The van der Waals surface area contributed by atoms with Crippen LogP contribution in [0.3, 0.4) is 0 Å². The number of rotatable bonds is 1. The highest BCUT2D eigenvalue weighted by molar-refractivity contribution is 6.51. The molecular weight excluding hydrogens is 167 g/mol. The van der Waals surface area contributed by atoms with Crippen LogP contribution >= 0.6 is 0 Å². The maximum Gasteiger partial charge on any atom is 0.489 e. The summed E-state index contributed by atoms with van der Waals surface area (Å²) in [5, 5.41) is 17.9. The number of fused-ring (bicyclic) bond motifs is 1. The average Bonchev–Trinajstić information content (AvgIpc) is 2.47. The van der Waals surface area contributed by atoms with E-state index < -0.39 is 7.12 Å². The lowest BCUT2D eigenvalue weighted by atomic mass is 9.79. The van der Waals surface area contributed by atoms with Crippen LogP contribution in [0.5, 0.6) is 0 Å². The first kappa shape index (κ1) is 8.41. The van der Waals surface area contributed by atoms with E-state index in [4.69, 9.17) is 10.0 Å². The molecule has 0 saturated carbocycles. The van der Waals surface area contributed by atoms with Gasteiger partial charge in [0.1, 0.15) is 6.17 Å². The van der Waals surface area contributed by atoms with E-state index in [-0.39, 0.29) is 6.17 Å². The summed E-state index contributed by atoms with van der Waals surface area (Å²) in [5.74, 6) is 0. The lowest BCUT2D eigenvalue weighted by Crippen LogP contribution is -2.34. The Balaban J connectivity index is 2.20. The van der Waals surface area contributed by atoms with Gasteiger partial charge in [0, 0.05) is 25.6 Å². The molecule has 0 amide bonds. The Bertz CT molecular complexity index is 299. The standard InChI is InChI=1S/C8H11BN2O2/c1-10-4-5-11-6-7(9(12)13)2-3-8(10)11/h2-6,8,12-13H,1H3. The van der Waals surface area contributed by atoms with Gasteiger partial charge in [0.25, 0.3) is 0 Å². The molecule has 2 aliphatic heterocycles. The van der Waals surface area contributed by atoms with Gasteiger partial charge in [0.05, 0.1) is 0 Å². The molecule has 0 bridgehead atoms. The van der Waals surface area contributed by atoms with Crippen LogP contribution in [-0.2, 0) is 0 Å². The average molecular weight is 178 g/mol. The second-order valence-electron chi connectivity index (χ2n) is 3.19. The zero-order chi connectivity index (χ0) is 9.42. The molecule has 2 N–H and O–H groups in total. The Hall–Kier alpha value is -1.20. The topological polar surface area (TPSA) is 46.9 Å². The van der Waals surface area contributed by atoms with Crippen molar-refractivity contribution in [2.45, 2.75) is 6.17 Å². The largest absolute Gasteiger partial charge is 0.489 e. The summed E-state index contributed by atoms with van der Waals surface area (Å²) in [5.41, 5.74) is 0.510. The van der Waals surface area contributed by atoms with Crippen molar-refractivity contribution in [2.75, 3.05) is 7.05 Å². The van der Waals surface area contributed by atoms with Gasteiger partial charge in [-0.2, -0.15) is 0 Å². The molecule has 13 heavy (non-hydrogen) atoms. The maximum absolute atomic E-state index is 8.93. The first-order valence-corrected chi connectivity index (χ1v) is 4.12. The number of hydrogen-bond donors (Lipinski definition) is 2. The minimum atomic E-state index is -1.39. The fourth-order valence-electron chi connectivity index (χ4n) is 1.49. The predicted molar refractivity (Wildman–Crippen MR) is 49.9 cm³/mol. The quantitative estimate of drug-likeness (QED) is 0.531. The van der Waals surface area contributed by atoms with Crippen molar-refractivity contribution in [3.05, 3.63) is 36.2 Å². The first-order valence-electron chi connectivity index (χ1n) is 4.12. The van der Waals surface area contributed by atoms with Crippen LogP contribution in [0, 0.1) is 0 Å². The fourth-order valence-corrected chi connectivity index (χ4v) is 1.49. The Kier molecular flexibility index (Phi) is 1.90. The summed E-state index contributed by atoms with van der Waals surface area (Å²) in [6.45, 7) is 0. The van der Waals surface area contributed by atoms with Crippen molar-refractivity contribution in [3.63, 3.8) is 0 Å². The van der Waals surface area contributed by atoms with Crippen molar-refractivity contribution in [1.82, 2.24) is 9.80 Å². The molecular formula is C8H11BN2O2. The van der Waals surface area contributed by atoms with Gasteiger partial charge in [-0.15, -0.1) is 0 Å². The monoisotopic (exact) mass is 178 g/mol. The smallest absolute Gasteiger partial charge is 0.423 e. The van der Waals surface area contributed by atoms with Crippen molar-refractivity contribution in [1.29, 1.82) is 0 Å². The van der Waals surface area contributed by atoms with Crippen LogP contribution in [-0.4, -0.2) is 40.2 Å². The molecule has 1 atom stereocenters. The number of allylic oxidation sites excluding steroid dienone is 2. The summed E-state index contributed by atoms with van der Waals surface area (Å²) in [6.07, 6.45) is 9.41. The number of nitrogens with zero attached hydrogens (tertiary/aromatic N) is 2. The van der Waals surface area contributed by atoms with Gasteiger partial charge in [-0.25, -0.2) is 0 Å². The van der Waals surface area contributed by atoms with Crippen molar-refractivity contribution < 1.29 is 10.0 Å². The van der Waals surface area contributed by atoms with Crippen molar-refractivity contribution in [2.24, 2.45) is 0 Å². The molecule has 1 unspecified atom stereocenters. The third-order valence-electron chi connectivity index (χ3n) is 2.25. The van der Waals surface area contributed by atoms with Gasteiger partial charge < -0.3 is 19.8 Å². The second-order valence-corrected chi connectivity index (χ2v) is 3.19. The molecule has 0 fully saturated rings. The summed E-state index contributed by atoms with van der Waals surface area (Å²) >= 11 is 0. The molecule has 68 valence electrons. The van der Waals surface area contributed by atoms with Crippen LogP contribution < -0.4 is 0 Å². The van der Waals surface area contributed by atoms with Crippen molar-refractivity contribution >= 4 is 7.12 Å². The highest BCUT2D eigenvalue weighted by Crippen LogP contribution is 2.21. The molecule has 0 aromatic heterocycles. The summed E-state index contributed by atoms with van der Waals surface area (Å²) in [4.78, 5) is 3.96. The lowest BCUT2D eigenvalue weighted by molar-refractivity contribution is 0.274. The van der Waals surface area contributed by atoms with Gasteiger partial charge in [-0.1, -0.05) is 6.08 Å². The number of likely N-dealkylation sites (N-methyl/N-ethyl adjacent to an activating group) is 1. The van der Waals surface area contributed by atoms with Crippen LogP contribution in [0.2, 0.25) is 0 Å². The Labute approximate surface area is 77.2 Å². The molecule has 0 aliphatic carbocycles. The number of hydrogen-bond acceptors (Lipinski definition) is 4. The molecule has 0 aromatic rings. The molecule has 4 nitrogen and oxygen atoms in total. The summed E-state index contributed by atoms with van der Waals surface area (Å²) in [7, 11) is 0.580. The van der Waals surface area contributed by atoms with Gasteiger partial charge in [-0.3, -0.25) is 0 Å². The zero-order valence-electron chi connectivity index (χ0n) is 7.33. The fraction of sp³-hybridized carbons (Fsp3) is 0.250. The molecule has 0 saturated heterocycles. The van der Waals surface area contributed by atoms with Crippen LogP contribution in [0.1, 0.15) is 0 Å². The van der Waals surface area contributed by atoms with E-state index in [1.807, 2.05) is 35.3 Å². The van der Waals surface area contributed by atoms with Crippen LogP contribution in [0.4, 0.5) is 0 Å². The Morgan fingerprint density at radius 3 is 2.85 bits per heavy atom. The van der Waals surface area contributed by atoms with E-state index in [1.54, 1.807) is 12.3 Å². The van der Waals surface area contributed by atoms with E-state index in [0.717, 1.165) is 0 Å². The van der Waals surface area contributed by atoms with E-state index in [9.17, 15) is 0 Å². The van der Waals surface area contributed by atoms with Gasteiger partial charge in [0.2, 0.25) is 0 Å². The molecule has 0 spiro atoms. The maximum atomic E-state index is 8.93. The zero-order valence-corrected chi connectivity index (χ0v) is 7.33. The first-order chi connectivity index (χ1) is 6.18. The van der Waals surface area contributed by atoms with Crippen LogP contribution in [0.25, 0.3) is 0 Å². The minimum Gasteiger partial charge on any atom is -0.423 e. The third kappa shape index (κ3) is 1.36. The normalized spacial score (nSPS) is 24.8. The molecule has 0 radical (unpaired) electrons. The molecule has 2 aliphatic rings. The summed E-state index contributed by atoms with van der Waals surface area (Å²) in [6, 6.07) is 0. The van der Waals surface area contributed by atoms with Crippen molar-refractivity contribution in [3.8, 4) is 0 Å². The Morgan fingerprint density at radius 2 is 2.15 bits per heavy atom. The lowest BCUT2D eigenvalue weighted by Gasteiger charge is -2.28. The highest BCUT2D eigenvalue weighted by atomic mass is 16.4. The minimum absolute atomic E-state index is 0.183. The highest BCUT2D eigenvalue weighted by Gasteiger charge is 2.25. The summed E-state index contributed by atoms with van der Waals surface area (Å²) < 4.78 is 0. The van der Waals surface area contributed by atoms with Crippen LogP contribution in [0.15, 0.2) is 36.2 Å². The molecule has 0 aromatic carbocycles. The van der Waals surface area contributed by atoms with Gasteiger partial charge in [0.15, 0.2) is 0 Å². The van der Waals surface area contributed by atoms with E-state index in [1.165, 1.54) is 0 Å². The van der Waals surface area contributed by atoms with Gasteiger partial charge in [-0.05, 0) is 11.5 Å². The van der Waals surface area contributed by atoms with Gasteiger partial charge >= 0.3 is 7.12 Å². The molecule has 5 heteroatoms. The van der Waals surface area contributed by atoms with E-state index >= 15 is 0 Å².